The van der Waals surface area contributed by atoms with Crippen LogP contribution in [0.4, 0.5) is 4.79 Å². The Balaban J connectivity index is 1.88. The third-order valence-corrected chi connectivity index (χ3v) is 4.96. The van der Waals surface area contributed by atoms with Crippen molar-refractivity contribution in [1.29, 1.82) is 0 Å². The van der Waals surface area contributed by atoms with Crippen LogP contribution in [0.15, 0.2) is 24.3 Å². The average Bonchev–Trinajstić information content (AvgIpc) is 2.96. The number of H-pyrrole nitrogens is 1. The number of aromatic nitrogens is 1. The first kappa shape index (κ1) is 20.2. The van der Waals surface area contributed by atoms with Gasteiger partial charge in [-0.25, -0.2) is 4.79 Å². The highest BCUT2D eigenvalue weighted by Gasteiger charge is 2.38. The van der Waals surface area contributed by atoms with Crippen molar-refractivity contribution < 1.29 is 14.3 Å². The van der Waals surface area contributed by atoms with E-state index in [0.717, 1.165) is 28.6 Å². The fraction of sp³-hybridized carbons (Fsp3) is 0.545. The normalized spacial score (nSPS) is 16.9. The zero-order chi connectivity index (χ0) is 20.5. The molecule has 1 atom stereocenters. The number of nitrogens with zero attached hydrogens (tertiary/aromatic N) is 1. The van der Waals surface area contributed by atoms with Crippen LogP contribution in [0.1, 0.15) is 52.3 Å². The highest BCUT2D eigenvalue weighted by atomic mass is 16.6. The molecule has 1 aliphatic rings. The van der Waals surface area contributed by atoms with Gasteiger partial charge in [-0.2, -0.15) is 0 Å². The van der Waals surface area contributed by atoms with Crippen LogP contribution in [-0.4, -0.2) is 40.1 Å². The summed E-state index contributed by atoms with van der Waals surface area (Å²) in [6.07, 6.45) is 0.927. The number of aromatic amines is 1. The lowest BCUT2D eigenvalue weighted by molar-refractivity contribution is -0.127. The zero-order valence-electron chi connectivity index (χ0n) is 17.5. The second-order valence-electron chi connectivity index (χ2n) is 8.93. The molecule has 152 valence electrons. The molecule has 2 amide bonds. The maximum atomic E-state index is 13.0. The Bertz CT molecular complexity index is 864. The Hall–Kier alpha value is -2.50. The number of amides is 2. The number of carbonyl (C=O) groups is 2. The van der Waals surface area contributed by atoms with Gasteiger partial charge in [0.25, 0.3) is 0 Å². The van der Waals surface area contributed by atoms with E-state index in [1.165, 1.54) is 0 Å². The molecule has 6 nitrogen and oxygen atoms in total. The minimum Gasteiger partial charge on any atom is -0.444 e. The van der Waals surface area contributed by atoms with Gasteiger partial charge in [-0.3, -0.25) is 9.69 Å². The molecule has 28 heavy (non-hydrogen) atoms. The van der Waals surface area contributed by atoms with E-state index >= 15 is 0 Å². The molecule has 0 saturated carbocycles. The van der Waals surface area contributed by atoms with E-state index in [9.17, 15) is 9.59 Å². The molecule has 6 heteroatoms. The lowest BCUT2D eigenvalue weighted by Gasteiger charge is -2.36. The van der Waals surface area contributed by atoms with Crippen molar-refractivity contribution in [2.24, 2.45) is 5.92 Å². The number of ether oxygens (including phenoxy) is 1. The molecular weight excluding hydrogens is 354 g/mol. The van der Waals surface area contributed by atoms with Crippen LogP contribution < -0.4 is 5.32 Å². The number of para-hydroxylation sites is 1. The van der Waals surface area contributed by atoms with Crippen LogP contribution in [0.25, 0.3) is 10.9 Å². The van der Waals surface area contributed by atoms with Crippen molar-refractivity contribution in [3.8, 4) is 0 Å². The molecule has 2 aromatic rings. The molecule has 2 heterocycles. The monoisotopic (exact) mass is 385 g/mol. The summed E-state index contributed by atoms with van der Waals surface area (Å²) in [5.41, 5.74) is 2.49. The Labute approximate surface area is 166 Å². The van der Waals surface area contributed by atoms with E-state index in [4.69, 9.17) is 4.74 Å². The summed E-state index contributed by atoms with van der Waals surface area (Å²) in [4.78, 5) is 30.8. The zero-order valence-corrected chi connectivity index (χ0v) is 17.5. The molecule has 0 unspecified atom stereocenters. The molecule has 1 aromatic carbocycles. The maximum absolute atomic E-state index is 13.0. The van der Waals surface area contributed by atoms with Gasteiger partial charge >= 0.3 is 6.09 Å². The molecule has 0 radical (unpaired) electrons. The quantitative estimate of drug-likeness (QED) is 0.836. The molecule has 0 spiro atoms. The fourth-order valence-electron chi connectivity index (χ4n) is 3.56. The van der Waals surface area contributed by atoms with E-state index in [1.54, 1.807) is 4.90 Å². The SMILES string of the molecule is CC(C)CCNC(=O)[C@H]1Cc2c([nH]c3ccccc23)CN1C(=O)OC(C)(C)C. The van der Waals surface area contributed by atoms with Gasteiger partial charge in [0.2, 0.25) is 5.91 Å². The predicted molar refractivity (Wildman–Crippen MR) is 110 cm³/mol. The van der Waals surface area contributed by atoms with E-state index < -0.39 is 17.7 Å². The minimum absolute atomic E-state index is 0.123. The molecule has 0 aliphatic carbocycles. The first-order valence-corrected chi connectivity index (χ1v) is 10.0. The van der Waals surface area contributed by atoms with Gasteiger partial charge in [-0.1, -0.05) is 32.0 Å². The Morgan fingerprint density at radius 2 is 2.00 bits per heavy atom. The number of hydrogen-bond donors (Lipinski definition) is 2. The van der Waals surface area contributed by atoms with Gasteiger partial charge in [0, 0.05) is 29.6 Å². The second kappa shape index (κ2) is 7.86. The van der Waals surface area contributed by atoms with Crippen LogP contribution in [0.2, 0.25) is 0 Å². The number of carbonyl (C=O) groups excluding carboxylic acids is 2. The van der Waals surface area contributed by atoms with Crippen LogP contribution in [0, 0.1) is 5.92 Å². The van der Waals surface area contributed by atoms with Crippen LogP contribution in [0.3, 0.4) is 0 Å². The third kappa shape index (κ3) is 4.49. The molecule has 1 aromatic heterocycles. The van der Waals surface area contributed by atoms with Crippen molar-refractivity contribution in [3.05, 3.63) is 35.5 Å². The summed E-state index contributed by atoms with van der Waals surface area (Å²) in [6.45, 7) is 10.7. The Morgan fingerprint density at radius 1 is 1.29 bits per heavy atom. The summed E-state index contributed by atoms with van der Waals surface area (Å²) in [5.74, 6) is 0.385. The first-order valence-electron chi connectivity index (χ1n) is 10.0. The number of fused-ring (bicyclic) bond motifs is 3. The molecular formula is C22H31N3O3. The number of hydrogen-bond acceptors (Lipinski definition) is 3. The van der Waals surface area contributed by atoms with Gasteiger partial charge in [0.1, 0.15) is 11.6 Å². The standard InChI is InChI=1S/C22H31N3O3/c1-14(2)10-11-23-20(26)19-12-16-15-8-6-7-9-17(15)24-18(16)13-25(19)21(27)28-22(3,4)5/h6-9,14,19,24H,10-13H2,1-5H3,(H,23,26)/t19-/m1/s1. The van der Waals surface area contributed by atoms with Crippen molar-refractivity contribution in [2.45, 2.75) is 65.6 Å². The average molecular weight is 386 g/mol. The molecule has 0 saturated heterocycles. The summed E-state index contributed by atoms with van der Waals surface area (Å²) in [6, 6.07) is 7.47. The molecule has 3 rings (SSSR count). The summed E-state index contributed by atoms with van der Waals surface area (Å²) < 4.78 is 5.58. The molecule has 0 fully saturated rings. The molecule has 1 aliphatic heterocycles. The van der Waals surface area contributed by atoms with Crippen LogP contribution >= 0.6 is 0 Å². The van der Waals surface area contributed by atoms with Crippen molar-refractivity contribution in [3.63, 3.8) is 0 Å². The van der Waals surface area contributed by atoms with E-state index in [-0.39, 0.29) is 5.91 Å². The van der Waals surface area contributed by atoms with Gasteiger partial charge in [0.05, 0.1) is 6.54 Å². The smallest absolute Gasteiger partial charge is 0.411 e. The fourth-order valence-corrected chi connectivity index (χ4v) is 3.56. The van der Waals surface area contributed by atoms with Crippen molar-refractivity contribution in [1.82, 2.24) is 15.2 Å². The Kier molecular flexibility index (Phi) is 5.68. The molecule has 2 N–H and O–H groups in total. The Morgan fingerprint density at radius 3 is 2.68 bits per heavy atom. The van der Waals surface area contributed by atoms with Crippen LogP contribution in [-0.2, 0) is 22.5 Å². The lowest BCUT2D eigenvalue weighted by Crippen LogP contribution is -2.53. The predicted octanol–water partition coefficient (Wildman–Crippen LogP) is 3.99. The highest BCUT2D eigenvalue weighted by molar-refractivity contribution is 5.90. The maximum Gasteiger partial charge on any atom is 0.411 e. The second-order valence-corrected chi connectivity index (χ2v) is 8.93. The first-order chi connectivity index (χ1) is 13.2. The third-order valence-electron chi connectivity index (χ3n) is 4.96. The van der Waals surface area contributed by atoms with Crippen molar-refractivity contribution in [2.75, 3.05) is 6.54 Å². The molecule has 0 bridgehead atoms. The van der Waals surface area contributed by atoms with E-state index in [2.05, 4.69) is 30.2 Å². The number of rotatable bonds is 4. The number of nitrogens with one attached hydrogen (secondary N) is 2. The summed E-state index contributed by atoms with van der Waals surface area (Å²) in [7, 11) is 0. The largest absolute Gasteiger partial charge is 0.444 e. The van der Waals surface area contributed by atoms with E-state index in [0.29, 0.717) is 25.4 Å². The van der Waals surface area contributed by atoms with Gasteiger partial charge in [-0.05, 0) is 44.7 Å². The summed E-state index contributed by atoms with van der Waals surface area (Å²) >= 11 is 0. The van der Waals surface area contributed by atoms with Crippen LogP contribution in [0.5, 0.6) is 0 Å². The van der Waals surface area contributed by atoms with Gasteiger partial charge in [0.15, 0.2) is 0 Å². The van der Waals surface area contributed by atoms with E-state index in [1.807, 2.05) is 39.0 Å². The lowest BCUT2D eigenvalue weighted by atomic mass is 9.96. The van der Waals surface area contributed by atoms with Gasteiger partial charge in [-0.15, -0.1) is 0 Å². The number of benzene rings is 1. The highest BCUT2D eigenvalue weighted by Crippen LogP contribution is 2.31. The minimum atomic E-state index is -0.615. The van der Waals surface area contributed by atoms with Gasteiger partial charge < -0.3 is 15.0 Å². The topological polar surface area (TPSA) is 74.4 Å². The summed E-state index contributed by atoms with van der Waals surface area (Å²) in [5, 5.41) is 4.12. The van der Waals surface area contributed by atoms with Crippen molar-refractivity contribution >= 4 is 22.9 Å².